The molecule has 0 bridgehead atoms. The van der Waals surface area contributed by atoms with E-state index in [1.165, 1.54) is 122 Å². The van der Waals surface area contributed by atoms with E-state index in [1.807, 2.05) is 86.0 Å². The number of rotatable bonds is 0. The molecule has 8 aromatic carbocycles. The Kier molecular flexibility index (Phi) is 22.3. The standard InChI is InChI=1S/C10H11N.C10H9N.C10H11N.C10H9N.C10H11N.C10H9N.C10H11N.C10H9N/c2*1-8-4-2-6-10-9(8)5-3-7-11-10;2*1-8-4-2-5-9-6-3-7-11-10(8)9;2*1-8-3-2-4-9-7-11-6-5-10(8)9;2*1-8-3-2-4-9-5-6-11-7-10(8)9/h2-6,11H,7H2,1H3;2-7H,1H3;2-6,11H,7H2,1H3;2-7H,1H3;2-6,11H,7H2,1H3;2-7H,1H3;2-6,11H,7H2,1H3;2-7H,1H3. The lowest BCUT2D eigenvalue weighted by Crippen LogP contribution is -2.11. The van der Waals surface area contributed by atoms with Crippen LogP contribution in [-0.4, -0.2) is 33.0 Å². The van der Waals surface area contributed by atoms with E-state index >= 15 is 0 Å². The van der Waals surface area contributed by atoms with Gasteiger partial charge in [-0.3, -0.25) is 19.9 Å². The summed E-state index contributed by atoms with van der Waals surface area (Å²) >= 11 is 0. The molecule has 0 radical (unpaired) electrons. The minimum absolute atomic E-state index is 0.955. The molecule has 8 heterocycles. The Morgan fingerprint density at radius 2 is 0.932 bits per heavy atom. The van der Waals surface area contributed by atoms with E-state index in [1.54, 1.807) is 0 Å². The Hall–Kier alpha value is -10.4. The molecule has 88 heavy (non-hydrogen) atoms. The average molecular weight is 1150 g/mol. The van der Waals surface area contributed by atoms with E-state index in [2.05, 4.69) is 279 Å². The van der Waals surface area contributed by atoms with Gasteiger partial charge in [0.1, 0.15) is 0 Å². The summed E-state index contributed by atoms with van der Waals surface area (Å²) in [5.41, 5.74) is 23.4. The number of anilines is 2. The maximum Gasteiger partial charge on any atom is 0.0731 e. The number of benzene rings is 8. The van der Waals surface area contributed by atoms with Gasteiger partial charge >= 0.3 is 0 Å². The van der Waals surface area contributed by atoms with E-state index in [9.17, 15) is 0 Å². The Balaban J connectivity index is 0.000000120. The third kappa shape index (κ3) is 16.9. The van der Waals surface area contributed by atoms with Crippen molar-refractivity contribution in [3.05, 3.63) is 322 Å². The molecular weight excluding hydrogens is 1070 g/mol. The van der Waals surface area contributed by atoms with Crippen molar-refractivity contribution in [3.63, 3.8) is 0 Å². The van der Waals surface area contributed by atoms with E-state index in [0.29, 0.717) is 0 Å². The predicted octanol–water partition coefficient (Wildman–Crippen LogP) is 19.2. The van der Waals surface area contributed by atoms with E-state index in [-0.39, 0.29) is 0 Å². The molecule has 8 heteroatoms. The third-order valence-corrected chi connectivity index (χ3v) is 15.7. The second kappa shape index (κ2) is 31.6. The number of pyridine rings is 4. The van der Waals surface area contributed by atoms with Crippen molar-refractivity contribution in [1.82, 2.24) is 30.6 Å². The lowest BCUT2D eigenvalue weighted by atomic mass is 10.0. The highest BCUT2D eigenvalue weighted by atomic mass is 14.9. The van der Waals surface area contributed by atoms with E-state index in [4.69, 9.17) is 0 Å². The summed E-state index contributed by atoms with van der Waals surface area (Å²) in [7, 11) is 0. The molecule has 0 atom stereocenters. The summed E-state index contributed by atoms with van der Waals surface area (Å²) in [6, 6.07) is 62.6. The SMILES string of the molecule is Cc1cccc2c1C=CCN2.Cc1cccc2c1C=CNC2.Cc1cccc2c1CNC=C2.Cc1cccc2c1NCC=C2.Cc1cccc2cccnc12.Cc1cccc2ccncc12.Cc1cccc2cnccc12.Cc1cccc2ncccc12. The van der Waals surface area contributed by atoms with Crippen LogP contribution >= 0.6 is 0 Å². The summed E-state index contributed by atoms with van der Waals surface area (Å²) < 4.78 is 0. The van der Waals surface area contributed by atoms with Crippen LogP contribution in [0, 0.1) is 55.4 Å². The molecule has 0 fully saturated rings. The van der Waals surface area contributed by atoms with Crippen LogP contribution < -0.4 is 21.3 Å². The number of aromatic nitrogens is 4. The molecule has 4 N–H and O–H groups in total. The van der Waals surface area contributed by atoms with Crippen LogP contribution in [0.2, 0.25) is 0 Å². The van der Waals surface area contributed by atoms with Gasteiger partial charge in [0.15, 0.2) is 0 Å². The Labute approximate surface area is 520 Å². The second-order valence-electron chi connectivity index (χ2n) is 22.0. The number of nitrogens with zero attached hydrogens (tertiary/aromatic N) is 4. The van der Waals surface area contributed by atoms with Gasteiger partial charge in [0, 0.05) is 102 Å². The van der Waals surface area contributed by atoms with Gasteiger partial charge in [-0.1, -0.05) is 170 Å². The zero-order valence-corrected chi connectivity index (χ0v) is 52.0. The number of hydrogen-bond donors (Lipinski definition) is 4. The van der Waals surface area contributed by atoms with Crippen molar-refractivity contribution >= 4 is 79.0 Å². The van der Waals surface area contributed by atoms with Crippen LogP contribution in [0.4, 0.5) is 11.4 Å². The molecule has 12 aromatic rings. The lowest BCUT2D eigenvalue weighted by molar-refractivity contribution is 0.851. The number of para-hydroxylation sites is 2. The van der Waals surface area contributed by atoms with Crippen molar-refractivity contribution in [3.8, 4) is 0 Å². The number of aryl methyl sites for hydroxylation is 8. The van der Waals surface area contributed by atoms with Crippen molar-refractivity contribution in [1.29, 1.82) is 0 Å². The third-order valence-electron chi connectivity index (χ3n) is 15.7. The maximum absolute atomic E-state index is 4.28. The maximum atomic E-state index is 4.28. The summed E-state index contributed by atoms with van der Waals surface area (Å²) in [5.74, 6) is 0. The highest BCUT2D eigenvalue weighted by molar-refractivity contribution is 5.86. The van der Waals surface area contributed by atoms with Gasteiger partial charge in [-0.25, -0.2) is 0 Å². The molecule has 4 aliphatic heterocycles. The first kappa shape index (κ1) is 62.1. The van der Waals surface area contributed by atoms with E-state index < -0.39 is 0 Å². The Morgan fingerprint density at radius 3 is 1.68 bits per heavy atom. The van der Waals surface area contributed by atoms with Gasteiger partial charge < -0.3 is 21.3 Å². The molecule has 4 aliphatic rings. The largest absolute Gasteiger partial charge is 0.387 e. The molecule has 0 unspecified atom stereocenters. The van der Waals surface area contributed by atoms with Gasteiger partial charge in [0.05, 0.1) is 11.0 Å². The fourth-order valence-electron chi connectivity index (χ4n) is 10.8. The van der Waals surface area contributed by atoms with Gasteiger partial charge in [0.2, 0.25) is 0 Å². The van der Waals surface area contributed by atoms with Crippen molar-refractivity contribution in [2.75, 3.05) is 23.7 Å². The quantitative estimate of drug-likeness (QED) is 0.119. The first-order valence-corrected chi connectivity index (χ1v) is 30.2. The lowest BCUT2D eigenvalue weighted by Gasteiger charge is -2.14. The van der Waals surface area contributed by atoms with Gasteiger partial charge in [0.25, 0.3) is 0 Å². The van der Waals surface area contributed by atoms with E-state index in [0.717, 1.165) is 37.2 Å². The number of hydrogen-bond acceptors (Lipinski definition) is 8. The zero-order valence-electron chi connectivity index (χ0n) is 52.0. The summed E-state index contributed by atoms with van der Waals surface area (Å²) in [6.07, 6.45) is 28.0. The molecule has 0 spiro atoms. The molecular formula is C80H80N8. The van der Waals surface area contributed by atoms with Gasteiger partial charge in [-0.05, 0) is 199 Å². The smallest absolute Gasteiger partial charge is 0.0731 e. The van der Waals surface area contributed by atoms with Crippen LogP contribution in [-0.2, 0) is 13.1 Å². The molecule has 440 valence electrons. The zero-order chi connectivity index (χ0) is 61.5. The average Bonchev–Trinajstić information content (AvgIpc) is 3.63. The Morgan fingerprint density at radius 1 is 0.352 bits per heavy atom. The normalized spacial score (nSPS) is 12.1. The highest BCUT2D eigenvalue weighted by Crippen LogP contribution is 2.26. The second-order valence-corrected chi connectivity index (χ2v) is 22.0. The van der Waals surface area contributed by atoms with Crippen LogP contribution in [0.15, 0.2) is 244 Å². The molecule has 4 aromatic heterocycles. The predicted molar refractivity (Wildman–Crippen MR) is 377 cm³/mol. The number of fused-ring (bicyclic) bond motifs is 8. The van der Waals surface area contributed by atoms with Gasteiger partial charge in [-0.2, -0.15) is 0 Å². The minimum Gasteiger partial charge on any atom is -0.387 e. The van der Waals surface area contributed by atoms with Crippen molar-refractivity contribution in [2.45, 2.75) is 68.5 Å². The summed E-state index contributed by atoms with van der Waals surface area (Å²) in [5, 5.41) is 20.5. The summed E-state index contributed by atoms with van der Waals surface area (Å²) in [6.45, 7) is 20.8. The topological polar surface area (TPSA) is 99.7 Å². The molecule has 0 saturated carbocycles. The summed E-state index contributed by atoms with van der Waals surface area (Å²) in [4.78, 5) is 16.7. The fourth-order valence-corrected chi connectivity index (χ4v) is 10.8. The van der Waals surface area contributed by atoms with Crippen LogP contribution in [0.5, 0.6) is 0 Å². The fraction of sp³-hybridized carbons (Fsp3) is 0.150. The van der Waals surface area contributed by atoms with Crippen LogP contribution in [0.25, 0.3) is 67.7 Å². The highest BCUT2D eigenvalue weighted by Gasteiger charge is 2.08. The first-order chi connectivity index (χ1) is 43.0. The molecule has 16 rings (SSSR count). The van der Waals surface area contributed by atoms with Crippen LogP contribution in [0.3, 0.4) is 0 Å². The van der Waals surface area contributed by atoms with Crippen molar-refractivity contribution in [2.24, 2.45) is 0 Å². The first-order valence-electron chi connectivity index (χ1n) is 30.2. The minimum atomic E-state index is 0.955. The molecule has 0 amide bonds. The molecule has 8 nitrogen and oxygen atoms in total. The van der Waals surface area contributed by atoms with Gasteiger partial charge in [-0.15, -0.1) is 0 Å². The monoisotopic (exact) mass is 1150 g/mol. The molecule has 0 saturated heterocycles. The molecule has 0 aliphatic carbocycles. The Bertz CT molecular complexity index is 3940. The number of nitrogens with one attached hydrogen (secondary N) is 4. The van der Waals surface area contributed by atoms with Crippen molar-refractivity contribution < 1.29 is 0 Å². The van der Waals surface area contributed by atoms with Crippen LogP contribution in [0.1, 0.15) is 77.9 Å².